The van der Waals surface area contributed by atoms with E-state index in [1.807, 2.05) is 23.0 Å². The summed E-state index contributed by atoms with van der Waals surface area (Å²) in [5.74, 6) is 0.0257. The Kier molecular flexibility index (Phi) is 10.1. The summed E-state index contributed by atoms with van der Waals surface area (Å²) in [6, 6.07) is 10.2. The number of piperidine rings is 2. The Bertz CT molecular complexity index is 2730. The number of likely N-dealkylation sites (tertiary alicyclic amines) is 1. The van der Waals surface area contributed by atoms with Gasteiger partial charge < -0.3 is 10.2 Å². The fourth-order valence-corrected chi connectivity index (χ4v) is 11.0. The van der Waals surface area contributed by atoms with Gasteiger partial charge in [-0.1, -0.05) is 12.1 Å². The van der Waals surface area contributed by atoms with Gasteiger partial charge in [0.1, 0.15) is 11.6 Å². The van der Waals surface area contributed by atoms with Crippen LogP contribution in [0, 0.1) is 17.3 Å². The number of anilines is 1. The quantitative estimate of drug-likeness (QED) is 0.144. The Morgan fingerprint density at radius 2 is 1.82 bits per heavy atom. The van der Waals surface area contributed by atoms with E-state index in [2.05, 4.69) is 31.7 Å². The first-order valence-corrected chi connectivity index (χ1v) is 21.7. The molecule has 1 spiro atoms. The number of carbonyl (C=O) groups is 3. The average Bonchev–Trinajstić information content (AvgIpc) is 3.94. The molecule has 2 saturated carbocycles. The number of carbonyl (C=O) groups excluding carboxylic acids is 3. The number of hydrogen-bond acceptors (Lipinski definition) is 8. The number of rotatable bonds is 10. The van der Waals surface area contributed by atoms with Crippen LogP contribution in [0.4, 0.5) is 14.5 Å². The number of aromatic nitrogens is 7. The lowest BCUT2D eigenvalue weighted by molar-refractivity contribution is -0.135. The minimum absolute atomic E-state index is 0.0511. The second-order valence-electron chi connectivity index (χ2n) is 18.1. The zero-order valence-electron chi connectivity index (χ0n) is 34.2. The van der Waals surface area contributed by atoms with Gasteiger partial charge in [-0.05, 0) is 131 Å². The van der Waals surface area contributed by atoms with Crippen molar-refractivity contribution in [2.75, 3.05) is 25.0 Å². The van der Waals surface area contributed by atoms with Crippen LogP contribution in [0.5, 0.6) is 0 Å². The molecule has 0 radical (unpaired) electrons. The third-order valence-corrected chi connectivity index (χ3v) is 14.3. The fourth-order valence-electron chi connectivity index (χ4n) is 11.0. The smallest absolute Gasteiger partial charge is 0.321 e. The Morgan fingerprint density at radius 1 is 1.02 bits per heavy atom. The Balaban J connectivity index is 0.704. The molecule has 6 heterocycles. The largest absolute Gasteiger partial charge is 0.329 e. The molecule has 2 saturated heterocycles. The topological polar surface area (TPSA) is 153 Å². The monoisotopic (exact) mass is 832 g/mol. The number of fused-ring (bicyclic) bond motifs is 3. The average molecular weight is 833 g/mol. The minimum atomic E-state index is -2.79. The Morgan fingerprint density at radius 3 is 2.59 bits per heavy atom. The predicted octanol–water partition coefficient (Wildman–Crippen LogP) is 6.76. The number of hydrogen-bond donors (Lipinski definition) is 2. The minimum Gasteiger partial charge on any atom is -0.321 e. The molecule has 61 heavy (non-hydrogen) atoms. The highest BCUT2D eigenvalue weighted by atomic mass is 19.3. The second kappa shape index (κ2) is 15.6. The van der Waals surface area contributed by atoms with Crippen molar-refractivity contribution in [1.29, 1.82) is 0 Å². The number of alkyl halides is 2. The van der Waals surface area contributed by atoms with E-state index in [4.69, 9.17) is 5.10 Å². The summed E-state index contributed by atoms with van der Waals surface area (Å²) in [6.07, 6.45) is 15.4. The maximum atomic E-state index is 14.3. The van der Waals surface area contributed by atoms with E-state index < -0.39 is 24.3 Å². The van der Waals surface area contributed by atoms with Crippen molar-refractivity contribution < 1.29 is 23.2 Å². The first-order valence-electron chi connectivity index (χ1n) is 21.7. The molecule has 2 aromatic carbocycles. The highest BCUT2D eigenvalue weighted by Crippen LogP contribution is 2.54. The lowest BCUT2D eigenvalue weighted by Gasteiger charge is -2.53. The Hall–Kier alpha value is -5.77. The molecule has 4 fully saturated rings. The lowest BCUT2D eigenvalue weighted by Crippen LogP contribution is -2.48. The van der Waals surface area contributed by atoms with Crippen LogP contribution in [0.2, 0.25) is 0 Å². The molecule has 318 valence electrons. The highest BCUT2D eigenvalue weighted by Gasteiger charge is 2.45. The molecule has 4 aromatic heterocycles. The van der Waals surface area contributed by atoms with Gasteiger partial charge in [0, 0.05) is 49.6 Å². The van der Waals surface area contributed by atoms with Crippen molar-refractivity contribution >= 4 is 51.0 Å². The van der Waals surface area contributed by atoms with E-state index in [1.54, 1.807) is 40.7 Å². The van der Waals surface area contributed by atoms with Crippen LogP contribution < -0.4 is 16.3 Å². The molecule has 0 bridgehead atoms. The van der Waals surface area contributed by atoms with Gasteiger partial charge in [-0.15, -0.1) is 0 Å². The Labute approximate surface area is 350 Å². The maximum absolute atomic E-state index is 14.3. The van der Waals surface area contributed by atoms with Gasteiger partial charge in [0.15, 0.2) is 5.65 Å². The van der Waals surface area contributed by atoms with Crippen molar-refractivity contribution in [3.8, 4) is 0 Å². The SMILES string of the molecule is Cn1c(=O)n(C2CCC(=O)NC2=O)c2cccc(CCC3CC4(CCN(C[C@H]5CC[C@H](n6cc7cc(NC(=O)c8cnn9cccnc89)c(C(F)F)cc7n6)CC5)CC4)C3)c21. The summed E-state index contributed by atoms with van der Waals surface area (Å²) in [4.78, 5) is 57.8. The van der Waals surface area contributed by atoms with Crippen molar-refractivity contribution in [2.45, 2.75) is 95.6 Å². The van der Waals surface area contributed by atoms with E-state index >= 15 is 0 Å². The summed E-state index contributed by atoms with van der Waals surface area (Å²) in [7, 11) is 1.77. The fraction of sp³-hybridized carbons (Fsp3) is 0.489. The molecule has 2 aliphatic carbocycles. The number of aryl methyl sites for hydroxylation is 2. The molecule has 14 nitrogen and oxygen atoms in total. The van der Waals surface area contributed by atoms with Crippen molar-refractivity contribution in [3.05, 3.63) is 88.4 Å². The third-order valence-electron chi connectivity index (χ3n) is 14.3. The zero-order valence-corrected chi connectivity index (χ0v) is 34.2. The molecule has 10 rings (SSSR count). The number of halogens is 2. The summed E-state index contributed by atoms with van der Waals surface area (Å²) in [5, 5.41) is 14.7. The van der Waals surface area contributed by atoms with E-state index in [1.165, 1.54) is 42.5 Å². The first-order chi connectivity index (χ1) is 29.5. The molecule has 2 N–H and O–H groups in total. The number of nitrogens with one attached hydrogen (secondary N) is 2. The zero-order chi connectivity index (χ0) is 42.0. The van der Waals surface area contributed by atoms with E-state index in [0.29, 0.717) is 40.2 Å². The van der Waals surface area contributed by atoms with Crippen LogP contribution in [0.3, 0.4) is 0 Å². The lowest BCUT2D eigenvalue weighted by atomic mass is 9.56. The second-order valence-corrected chi connectivity index (χ2v) is 18.1. The number of amides is 3. The van der Waals surface area contributed by atoms with Crippen LogP contribution in [0.25, 0.3) is 27.6 Å². The van der Waals surface area contributed by atoms with Crippen LogP contribution >= 0.6 is 0 Å². The molecule has 16 heteroatoms. The van der Waals surface area contributed by atoms with Gasteiger partial charge in [-0.3, -0.25) is 33.5 Å². The van der Waals surface area contributed by atoms with Gasteiger partial charge in [0.2, 0.25) is 11.8 Å². The molecule has 2 aliphatic heterocycles. The van der Waals surface area contributed by atoms with Crippen LogP contribution in [-0.4, -0.2) is 75.8 Å². The van der Waals surface area contributed by atoms with E-state index in [9.17, 15) is 28.0 Å². The molecule has 4 aliphatic rings. The molecular weight excluding hydrogens is 783 g/mol. The van der Waals surface area contributed by atoms with Crippen molar-refractivity contribution in [2.24, 2.45) is 24.3 Å². The maximum Gasteiger partial charge on any atom is 0.329 e. The summed E-state index contributed by atoms with van der Waals surface area (Å²) in [6.45, 7) is 3.37. The summed E-state index contributed by atoms with van der Waals surface area (Å²) in [5.41, 5.74) is 3.78. The highest BCUT2D eigenvalue weighted by molar-refractivity contribution is 6.09. The molecular formula is C45H50F2N10O4. The molecule has 3 amide bonds. The number of imidazole rings is 1. The normalized spacial score (nSPS) is 22.4. The number of para-hydroxylation sites is 1. The standard InChI is InChI=1S/C45H50F2N10O4/c1-53-39-29(4-2-5-36(39)57(44(53)61)37-12-13-38(58)51-43(37)60)9-6-28-22-45(23-28)14-18-54(19-15-45)25-27-7-10-31(11-8-27)56-26-30-20-35(32(40(46)47)21-34(30)52-56)50-42(59)33-24-49-55-17-3-16-48-41(33)55/h2-5,16-17,20-21,24,26-28,31,37,40H,6-15,18-19,22-23,25H2,1H3,(H,50,59)(H,51,58,60)/t27-,31-,37?. The van der Waals surface area contributed by atoms with Gasteiger partial charge in [0.05, 0.1) is 34.5 Å². The number of benzene rings is 2. The van der Waals surface area contributed by atoms with Gasteiger partial charge >= 0.3 is 5.69 Å². The summed E-state index contributed by atoms with van der Waals surface area (Å²) >= 11 is 0. The first kappa shape index (κ1) is 39.4. The van der Waals surface area contributed by atoms with E-state index in [0.717, 1.165) is 74.8 Å². The van der Waals surface area contributed by atoms with Crippen molar-refractivity contribution in [1.82, 2.24) is 43.7 Å². The van der Waals surface area contributed by atoms with Gasteiger partial charge in [-0.25, -0.2) is 23.1 Å². The number of nitrogens with zero attached hydrogens (tertiary/aromatic N) is 8. The van der Waals surface area contributed by atoms with Gasteiger partial charge in [-0.2, -0.15) is 10.2 Å². The van der Waals surface area contributed by atoms with E-state index in [-0.39, 0.29) is 40.9 Å². The third kappa shape index (κ3) is 7.31. The van der Waals surface area contributed by atoms with Crippen LogP contribution in [-0.2, 0) is 23.1 Å². The van der Waals surface area contributed by atoms with Crippen LogP contribution in [0.15, 0.2) is 66.0 Å². The van der Waals surface area contributed by atoms with Crippen molar-refractivity contribution in [3.63, 3.8) is 0 Å². The number of imide groups is 1. The molecule has 1 atom stereocenters. The van der Waals surface area contributed by atoms with Crippen LogP contribution in [0.1, 0.15) is 111 Å². The molecule has 1 unspecified atom stereocenters. The molecule has 6 aromatic rings. The van der Waals surface area contributed by atoms with Gasteiger partial charge in [0.25, 0.3) is 12.3 Å². The summed E-state index contributed by atoms with van der Waals surface area (Å²) < 4.78 is 35.1. The predicted molar refractivity (Wildman–Crippen MR) is 224 cm³/mol.